The van der Waals surface area contributed by atoms with Crippen LogP contribution in [0.25, 0.3) is 0 Å². The van der Waals surface area contributed by atoms with E-state index in [0.29, 0.717) is 0 Å². The number of nitrogens with two attached hydrogens (primary N) is 1. The first-order valence-corrected chi connectivity index (χ1v) is 6.98. The molecule has 102 valence electrons. The number of hydrogen-bond acceptors (Lipinski definition) is 3. The molecule has 0 aromatic heterocycles. The predicted octanol–water partition coefficient (Wildman–Crippen LogP) is 3.55. The van der Waals surface area contributed by atoms with E-state index in [1.54, 1.807) is 0 Å². The molecule has 3 nitrogen and oxygen atoms in total. The monoisotopic (exact) mass is 314 g/mol. The fourth-order valence-electron chi connectivity index (χ4n) is 1.85. The Morgan fingerprint density at radius 1 is 1.39 bits per heavy atom. The molecular weight excluding hydrogens is 292 g/mol. The van der Waals surface area contributed by atoms with E-state index in [-0.39, 0.29) is 18.1 Å². The van der Waals surface area contributed by atoms with Gasteiger partial charge in [0.25, 0.3) is 0 Å². The third-order valence-corrected chi connectivity index (χ3v) is 3.80. The second-order valence-corrected chi connectivity index (χ2v) is 6.62. The second kappa shape index (κ2) is 5.93. The van der Waals surface area contributed by atoms with Crippen molar-refractivity contribution in [3.63, 3.8) is 0 Å². The predicted molar refractivity (Wildman–Crippen MR) is 81.9 cm³/mol. The van der Waals surface area contributed by atoms with Gasteiger partial charge < -0.3 is 16.2 Å². The molecule has 1 unspecified atom stereocenters. The van der Waals surface area contributed by atoms with Gasteiger partial charge in [-0.2, -0.15) is 0 Å². The Kier molecular flexibility index (Phi) is 5.05. The van der Waals surface area contributed by atoms with Crippen LogP contribution in [0.4, 0.5) is 11.4 Å². The number of anilines is 2. The molecule has 0 heterocycles. The molecule has 4 N–H and O–H groups in total. The van der Waals surface area contributed by atoms with Crippen molar-refractivity contribution in [1.82, 2.24) is 0 Å². The lowest BCUT2D eigenvalue weighted by Gasteiger charge is -2.32. The first-order valence-electron chi connectivity index (χ1n) is 6.18. The fourth-order valence-corrected chi connectivity index (χ4v) is 2.32. The zero-order valence-electron chi connectivity index (χ0n) is 11.5. The lowest BCUT2D eigenvalue weighted by Crippen LogP contribution is -2.35. The SMILES string of the molecule is Cc1cc(NC(CCO)C(C)(C)C)c(Br)cc1N. The maximum absolute atomic E-state index is 9.17. The smallest absolute Gasteiger partial charge is 0.0491 e. The quantitative estimate of drug-likeness (QED) is 0.745. The van der Waals surface area contributed by atoms with Gasteiger partial charge in [-0.1, -0.05) is 20.8 Å². The summed E-state index contributed by atoms with van der Waals surface area (Å²) in [7, 11) is 0. The Labute approximate surface area is 118 Å². The number of benzene rings is 1. The van der Waals surface area contributed by atoms with Crippen LogP contribution in [0.3, 0.4) is 0 Å². The lowest BCUT2D eigenvalue weighted by atomic mass is 9.84. The van der Waals surface area contributed by atoms with Crippen LogP contribution >= 0.6 is 15.9 Å². The molecule has 0 saturated heterocycles. The third kappa shape index (κ3) is 3.89. The van der Waals surface area contributed by atoms with E-state index in [1.807, 2.05) is 19.1 Å². The number of aliphatic hydroxyl groups excluding tert-OH is 1. The number of rotatable bonds is 4. The van der Waals surface area contributed by atoms with E-state index in [0.717, 1.165) is 27.8 Å². The maximum Gasteiger partial charge on any atom is 0.0491 e. The van der Waals surface area contributed by atoms with Gasteiger partial charge in [-0.3, -0.25) is 0 Å². The van der Waals surface area contributed by atoms with Crippen LogP contribution in [0.2, 0.25) is 0 Å². The van der Waals surface area contributed by atoms with Crippen molar-refractivity contribution in [2.24, 2.45) is 5.41 Å². The third-order valence-electron chi connectivity index (χ3n) is 3.15. The molecule has 0 spiro atoms. The van der Waals surface area contributed by atoms with Crippen LogP contribution < -0.4 is 11.1 Å². The van der Waals surface area contributed by atoms with Gasteiger partial charge >= 0.3 is 0 Å². The fraction of sp³-hybridized carbons (Fsp3) is 0.571. The van der Waals surface area contributed by atoms with Crippen molar-refractivity contribution in [2.45, 2.75) is 40.2 Å². The van der Waals surface area contributed by atoms with Crippen LogP contribution in [0.1, 0.15) is 32.8 Å². The molecule has 0 aliphatic carbocycles. The molecule has 0 fully saturated rings. The average molecular weight is 315 g/mol. The molecule has 0 bridgehead atoms. The minimum Gasteiger partial charge on any atom is -0.398 e. The Morgan fingerprint density at radius 2 is 2.00 bits per heavy atom. The highest BCUT2D eigenvalue weighted by Gasteiger charge is 2.24. The Hall–Kier alpha value is -0.740. The summed E-state index contributed by atoms with van der Waals surface area (Å²) in [6, 6.07) is 4.16. The van der Waals surface area contributed by atoms with Gasteiger partial charge in [0, 0.05) is 28.5 Å². The lowest BCUT2D eigenvalue weighted by molar-refractivity contribution is 0.235. The highest BCUT2D eigenvalue weighted by Crippen LogP contribution is 2.32. The van der Waals surface area contributed by atoms with Gasteiger partial charge in [-0.15, -0.1) is 0 Å². The van der Waals surface area contributed by atoms with Crippen molar-refractivity contribution in [3.8, 4) is 0 Å². The topological polar surface area (TPSA) is 58.3 Å². The first-order chi connectivity index (χ1) is 8.25. The van der Waals surface area contributed by atoms with Crippen molar-refractivity contribution in [1.29, 1.82) is 0 Å². The summed E-state index contributed by atoms with van der Waals surface area (Å²) in [6.45, 7) is 8.67. The molecule has 0 amide bonds. The zero-order chi connectivity index (χ0) is 13.9. The Balaban J connectivity index is 2.97. The van der Waals surface area contributed by atoms with E-state index in [2.05, 4.69) is 42.0 Å². The number of nitrogens with one attached hydrogen (secondary N) is 1. The first kappa shape index (κ1) is 15.3. The zero-order valence-corrected chi connectivity index (χ0v) is 13.1. The van der Waals surface area contributed by atoms with Crippen LogP contribution in [-0.2, 0) is 0 Å². The van der Waals surface area contributed by atoms with Gasteiger partial charge in [0.2, 0.25) is 0 Å². The molecule has 4 heteroatoms. The highest BCUT2D eigenvalue weighted by atomic mass is 79.9. The number of hydrogen-bond donors (Lipinski definition) is 3. The van der Waals surface area contributed by atoms with Crippen LogP contribution in [-0.4, -0.2) is 17.8 Å². The standard InChI is InChI=1S/C14H23BrN2O/c1-9-7-12(10(15)8-11(9)16)17-13(5-6-18)14(2,3)4/h7-8,13,17-18H,5-6,16H2,1-4H3. The molecule has 18 heavy (non-hydrogen) atoms. The second-order valence-electron chi connectivity index (χ2n) is 5.76. The molecule has 0 radical (unpaired) electrons. The minimum absolute atomic E-state index is 0.0808. The molecule has 1 atom stereocenters. The Bertz CT molecular complexity index is 413. The van der Waals surface area contributed by atoms with Gasteiger partial charge in [0.05, 0.1) is 0 Å². The number of halogens is 1. The van der Waals surface area contributed by atoms with Crippen LogP contribution in [0.5, 0.6) is 0 Å². The summed E-state index contributed by atoms with van der Waals surface area (Å²) in [4.78, 5) is 0. The summed E-state index contributed by atoms with van der Waals surface area (Å²) in [5.74, 6) is 0. The van der Waals surface area contributed by atoms with Crippen molar-refractivity contribution < 1.29 is 5.11 Å². The molecule has 0 aliphatic rings. The van der Waals surface area contributed by atoms with E-state index in [9.17, 15) is 5.11 Å². The molecular formula is C14H23BrN2O. The molecule has 1 aromatic carbocycles. The van der Waals surface area contributed by atoms with Crippen LogP contribution in [0, 0.1) is 12.3 Å². The van der Waals surface area contributed by atoms with Crippen molar-refractivity contribution in [2.75, 3.05) is 17.7 Å². The number of aryl methyl sites for hydroxylation is 1. The summed E-state index contributed by atoms with van der Waals surface area (Å²) in [5.41, 5.74) is 8.80. The van der Waals surface area contributed by atoms with Crippen molar-refractivity contribution >= 4 is 27.3 Å². The summed E-state index contributed by atoms with van der Waals surface area (Å²) < 4.78 is 0.956. The summed E-state index contributed by atoms with van der Waals surface area (Å²) >= 11 is 3.52. The van der Waals surface area contributed by atoms with Gasteiger partial charge in [-0.25, -0.2) is 0 Å². The normalized spacial score (nSPS) is 13.4. The van der Waals surface area contributed by atoms with E-state index < -0.39 is 0 Å². The number of aliphatic hydroxyl groups is 1. The minimum atomic E-state index is 0.0808. The largest absolute Gasteiger partial charge is 0.398 e. The average Bonchev–Trinajstić information content (AvgIpc) is 2.23. The molecule has 1 aromatic rings. The van der Waals surface area contributed by atoms with Crippen LogP contribution in [0.15, 0.2) is 16.6 Å². The van der Waals surface area contributed by atoms with Gasteiger partial charge in [-0.05, 0) is 52.4 Å². The summed E-state index contributed by atoms with van der Waals surface area (Å²) in [6.07, 6.45) is 0.722. The van der Waals surface area contributed by atoms with Gasteiger partial charge in [0.1, 0.15) is 0 Å². The maximum atomic E-state index is 9.17. The highest BCUT2D eigenvalue weighted by molar-refractivity contribution is 9.10. The van der Waals surface area contributed by atoms with E-state index >= 15 is 0 Å². The van der Waals surface area contributed by atoms with Gasteiger partial charge in [0.15, 0.2) is 0 Å². The number of nitrogen functional groups attached to an aromatic ring is 1. The molecule has 0 saturated carbocycles. The van der Waals surface area contributed by atoms with Crippen molar-refractivity contribution in [3.05, 3.63) is 22.2 Å². The molecule has 0 aliphatic heterocycles. The molecule has 1 rings (SSSR count). The van der Waals surface area contributed by atoms with E-state index in [1.165, 1.54) is 0 Å². The summed E-state index contributed by atoms with van der Waals surface area (Å²) in [5, 5.41) is 12.7. The van der Waals surface area contributed by atoms with E-state index in [4.69, 9.17) is 5.73 Å². The Morgan fingerprint density at radius 3 is 2.50 bits per heavy atom.